The summed E-state index contributed by atoms with van der Waals surface area (Å²) in [5.74, 6) is 0. The molecule has 0 saturated carbocycles. The number of hydrogen-bond acceptors (Lipinski definition) is 5. The molecule has 0 aliphatic carbocycles. The first-order valence-corrected chi connectivity index (χ1v) is 7.30. The number of benzene rings is 1. The highest BCUT2D eigenvalue weighted by atomic mass is 16.7. The van der Waals surface area contributed by atoms with Crippen molar-refractivity contribution in [2.24, 2.45) is 0 Å². The lowest BCUT2D eigenvalue weighted by Crippen LogP contribution is -2.18. The lowest BCUT2D eigenvalue weighted by atomic mass is 10.2. The zero-order valence-electron chi connectivity index (χ0n) is 12.9. The van der Waals surface area contributed by atoms with Gasteiger partial charge in [-0.05, 0) is 38.8 Å². The number of aryl methyl sites for hydroxylation is 1. The Morgan fingerprint density at radius 2 is 1.95 bits per heavy atom. The monoisotopic (exact) mass is 296 g/mol. The molecule has 118 valence electrons. The molecular weight excluding hydrogens is 272 g/mol. The fourth-order valence-electron chi connectivity index (χ4n) is 2.02. The quantitative estimate of drug-likeness (QED) is 0.309. The fourth-order valence-corrected chi connectivity index (χ4v) is 2.02. The molecule has 0 radical (unpaired) electrons. The molecule has 0 heterocycles. The number of rotatable bonds is 10. The number of anilines is 1. The highest BCUT2D eigenvalue weighted by molar-refractivity contribution is 5.62. The Morgan fingerprint density at radius 1 is 1.29 bits per heavy atom. The van der Waals surface area contributed by atoms with E-state index < -0.39 is 0 Å². The SMILES string of the molecule is CCOC(CCCNc1ccc(C)cc1[N+](=O)[O-])OCC. The van der Waals surface area contributed by atoms with Crippen molar-refractivity contribution in [1.29, 1.82) is 0 Å². The van der Waals surface area contributed by atoms with Gasteiger partial charge in [0.2, 0.25) is 0 Å². The van der Waals surface area contributed by atoms with Gasteiger partial charge in [0.1, 0.15) is 5.69 Å². The van der Waals surface area contributed by atoms with E-state index in [1.807, 2.05) is 26.8 Å². The van der Waals surface area contributed by atoms with E-state index in [0.717, 1.165) is 18.4 Å². The summed E-state index contributed by atoms with van der Waals surface area (Å²) in [6.45, 7) is 7.56. The largest absolute Gasteiger partial charge is 0.379 e. The first kappa shape index (κ1) is 17.4. The second kappa shape index (κ2) is 9.31. The van der Waals surface area contributed by atoms with Gasteiger partial charge in [0.25, 0.3) is 5.69 Å². The molecule has 1 aromatic carbocycles. The molecule has 0 aliphatic heterocycles. The average molecular weight is 296 g/mol. The summed E-state index contributed by atoms with van der Waals surface area (Å²) in [6, 6.07) is 5.18. The molecule has 0 aromatic heterocycles. The van der Waals surface area contributed by atoms with Gasteiger partial charge in [-0.15, -0.1) is 0 Å². The van der Waals surface area contributed by atoms with Gasteiger partial charge in [0, 0.05) is 32.2 Å². The minimum atomic E-state index is -0.363. The second-order valence-electron chi connectivity index (χ2n) is 4.69. The third-order valence-electron chi connectivity index (χ3n) is 2.99. The van der Waals surface area contributed by atoms with Crippen LogP contribution in [0.5, 0.6) is 0 Å². The summed E-state index contributed by atoms with van der Waals surface area (Å²) >= 11 is 0. The third-order valence-corrected chi connectivity index (χ3v) is 2.99. The van der Waals surface area contributed by atoms with E-state index in [4.69, 9.17) is 9.47 Å². The van der Waals surface area contributed by atoms with Crippen LogP contribution in [0.3, 0.4) is 0 Å². The molecule has 1 aromatic rings. The molecule has 0 spiro atoms. The average Bonchev–Trinajstić information content (AvgIpc) is 2.45. The molecule has 0 fully saturated rings. The lowest BCUT2D eigenvalue weighted by Gasteiger charge is -2.17. The lowest BCUT2D eigenvalue weighted by molar-refractivity contribution is -0.384. The van der Waals surface area contributed by atoms with Crippen molar-refractivity contribution in [3.05, 3.63) is 33.9 Å². The summed E-state index contributed by atoms with van der Waals surface area (Å²) in [6.07, 6.45) is 1.37. The van der Waals surface area contributed by atoms with Crippen LogP contribution >= 0.6 is 0 Å². The smallest absolute Gasteiger partial charge is 0.292 e. The minimum absolute atomic E-state index is 0.112. The van der Waals surface area contributed by atoms with Crippen molar-refractivity contribution in [1.82, 2.24) is 0 Å². The summed E-state index contributed by atoms with van der Waals surface area (Å²) in [5.41, 5.74) is 1.54. The van der Waals surface area contributed by atoms with Gasteiger partial charge in [0.15, 0.2) is 6.29 Å². The van der Waals surface area contributed by atoms with Crippen LogP contribution in [0.1, 0.15) is 32.3 Å². The Kier molecular flexibility index (Phi) is 7.71. The molecule has 0 atom stereocenters. The van der Waals surface area contributed by atoms with Crippen LogP contribution in [-0.2, 0) is 9.47 Å². The first-order valence-electron chi connectivity index (χ1n) is 7.30. The van der Waals surface area contributed by atoms with E-state index in [0.29, 0.717) is 25.4 Å². The van der Waals surface area contributed by atoms with Crippen LogP contribution < -0.4 is 5.32 Å². The molecule has 6 heteroatoms. The topological polar surface area (TPSA) is 73.6 Å². The molecule has 1 rings (SSSR count). The Balaban J connectivity index is 2.47. The highest BCUT2D eigenvalue weighted by Crippen LogP contribution is 2.25. The Bertz CT molecular complexity index is 445. The van der Waals surface area contributed by atoms with Crippen molar-refractivity contribution >= 4 is 11.4 Å². The molecule has 6 nitrogen and oxygen atoms in total. The van der Waals surface area contributed by atoms with Crippen LogP contribution in [0.25, 0.3) is 0 Å². The molecule has 0 bridgehead atoms. The van der Waals surface area contributed by atoms with Crippen LogP contribution in [0.15, 0.2) is 18.2 Å². The van der Waals surface area contributed by atoms with Crippen molar-refractivity contribution < 1.29 is 14.4 Å². The predicted molar refractivity (Wildman–Crippen MR) is 82.6 cm³/mol. The maximum atomic E-state index is 11.0. The Labute approximate surface area is 125 Å². The zero-order chi connectivity index (χ0) is 15.7. The van der Waals surface area contributed by atoms with E-state index in [1.54, 1.807) is 12.1 Å². The van der Waals surface area contributed by atoms with Crippen molar-refractivity contribution in [3.63, 3.8) is 0 Å². The number of ether oxygens (including phenoxy) is 2. The summed E-state index contributed by atoms with van der Waals surface area (Å²) in [5, 5.41) is 14.1. The fraction of sp³-hybridized carbons (Fsp3) is 0.600. The summed E-state index contributed by atoms with van der Waals surface area (Å²) in [7, 11) is 0. The zero-order valence-corrected chi connectivity index (χ0v) is 12.9. The highest BCUT2D eigenvalue weighted by Gasteiger charge is 2.13. The normalized spacial score (nSPS) is 10.9. The van der Waals surface area contributed by atoms with Crippen LogP contribution in [0.2, 0.25) is 0 Å². The van der Waals surface area contributed by atoms with Gasteiger partial charge < -0.3 is 14.8 Å². The molecular formula is C15H24N2O4. The molecule has 0 saturated heterocycles. The number of hydrogen-bond donors (Lipinski definition) is 1. The van der Waals surface area contributed by atoms with Crippen molar-refractivity contribution in [2.45, 2.75) is 39.9 Å². The van der Waals surface area contributed by atoms with E-state index in [1.165, 1.54) is 0 Å². The predicted octanol–water partition coefficient (Wildman–Crippen LogP) is 3.49. The maximum absolute atomic E-state index is 11.0. The van der Waals surface area contributed by atoms with Gasteiger partial charge in [-0.2, -0.15) is 0 Å². The van der Waals surface area contributed by atoms with E-state index >= 15 is 0 Å². The molecule has 0 unspecified atom stereocenters. The maximum Gasteiger partial charge on any atom is 0.292 e. The number of nitrogens with one attached hydrogen (secondary N) is 1. The number of nitro benzene ring substituents is 1. The molecule has 1 N–H and O–H groups in total. The van der Waals surface area contributed by atoms with Crippen molar-refractivity contribution in [3.8, 4) is 0 Å². The van der Waals surface area contributed by atoms with Crippen LogP contribution in [-0.4, -0.2) is 31.0 Å². The van der Waals surface area contributed by atoms with Gasteiger partial charge in [-0.3, -0.25) is 10.1 Å². The van der Waals surface area contributed by atoms with Gasteiger partial charge >= 0.3 is 0 Å². The standard InChI is InChI=1S/C15H24N2O4/c1-4-20-15(21-5-2)7-6-10-16-13-9-8-12(3)11-14(13)17(18)19/h8-9,11,15-16H,4-7,10H2,1-3H3. The molecule has 0 aliphatic rings. The second-order valence-corrected chi connectivity index (χ2v) is 4.69. The number of nitrogens with zero attached hydrogens (tertiary/aromatic N) is 1. The van der Waals surface area contributed by atoms with Crippen LogP contribution in [0.4, 0.5) is 11.4 Å². The van der Waals surface area contributed by atoms with E-state index in [9.17, 15) is 10.1 Å². The summed E-state index contributed by atoms with van der Waals surface area (Å²) < 4.78 is 10.9. The van der Waals surface area contributed by atoms with Crippen LogP contribution in [0, 0.1) is 17.0 Å². The molecule has 21 heavy (non-hydrogen) atoms. The molecule has 0 amide bonds. The minimum Gasteiger partial charge on any atom is -0.379 e. The van der Waals surface area contributed by atoms with Gasteiger partial charge in [-0.25, -0.2) is 0 Å². The first-order chi connectivity index (χ1) is 10.1. The third kappa shape index (κ3) is 6.10. The van der Waals surface area contributed by atoms with Gasteiger partial charge in [-0.1, -0.05) is 6.07 Å². The summed E-state index contributed by atoms with van der Waals surface area (Å²) in [4.78, 5) is 10.6. The Morgan fingerprint density at radius 3 is 2.52 bits per heavy atom. The van der Waals surface area contributed by atoms with E-state index in [2.05, 4.69) is 5.32 Å². The van der Waals surface area contributed by atoms with Crippen molar-refractivity contribution in [2.75, 3.05) is 25.1 Å². The van der Waals surface area contributed by atoms with E-state index in [-0.39, 0.29) is 16.9 Å². The Hall–Kier alpha value is -1.66. The van der Waals surface area contributed by atoms with Gasteiger partial charge in [0.05, 0.1) is 4.92 Å². The number of nitro groups is 1.